The Labute approximate surface area is 129 Å². The lowest BCUT2D eigenvalue weighted by atomic mass is 10.1. The van der Waals surface area contributed by atoms with E-state index in [4.69, 9.17) is 4.42 Å². The predicted octanol–water partition coefficient (Wildman–Crippen LogP) is 3.18. The lowest BCUT2D eigenvalue weighted by Crippen LogP contribution is -2.32. The highest BCUT2D eigenvalue weighted by Gasteiger charge is 2.16. The van der Waals surface area contributed by atoms with Crippen molar-refractivity contribution in [3.63, 3.8) is 0 Å². The Morgan fingerprint density at radius 2 is 1.91 bits per heavy atom. The van der Waals surface area contributed by atoms with Crippen LogP contribution in [0.15, 0.2) is 41.1 Å². The zero-order chi connectivity index (χ0) is 14.8. The quantitative estimate of drug-likeness (QED) is 0.742. The van der Waals surface area contributed by atoms with Gasteiger partial charge in [-0.05, 0) is 38.1 Å². The van der Waals surface area contributed by atoms with Crippen LogP contribution in [0.4, 0.5) is 0 Å². The predicted molar refractivity (Wildman–Crippen MR) is 85.5 cm³/mol. The van der Waals surface area contributed by atoms with Crippen molar-refractivity contribution in [1.82, 2.24) is 19.7 Å². The molecule has 0 atom stereocenters. The molecule has 1 aromatic carbocycles. The number of fused-ring (bicyclic) bond motifs is 1. The Balaban J connectivity index is 1.66. The molecular formula is C17H20N4O. The Kier molecular flexibility index (Phi) is 3.64. The number of nitrogens with zero attached hydrogens (tertiary/aromatic N) is 4. The molecule has 5 nitrogen and oxygen atoms in total. The van der Waals surface area contributed by atoms with E-state index in [1.165, 1.54) is 49.6 Å². The van der Waals surface area contributed by atoms with Gasteiger partial charge in [0.25, 0.3) is 5.89 Å². The molecule has 1 aliphatic heterocycles. The van der Waals surface area contributed by atoms with E-state index in [1.54, 1.807) is 0 Å². The van der Waals surface area contributed by atoms with Crippen LogP contribution in [-0.2, 0) is 6.54 Å². The maximum absolute atomic E-state index is 5.42. The summed E-state index contributed by atoms with van der Waals surface area (Å²) < 4.78 is 7.73. The normalized spacial score (nSPS) is 16.4. The van der Waals surface area contributed by atoms with Gasteiger partial charge in [-0.3, -0.25) is 0 Å². The van der Waals surface area contributed by atoms with E-state index >= 15 is 0 Å². The van der Waals surface area contributed by atoms with Gasteiger partial charge in [-0.2, -0.15) is 0 Å². The van der Waals surface area contributed by atoms with Gasteiger partial charge in [0.2, 0.25) is 6.39 Å². The second kappa shape index (κ2) is 5.93. The van der Waals surface area contributed by atoms with Crippen LogP contribution >= 0.6 is 0 Å². The van der Waals surface area contributed by atoms with Crippen molar-refractivity contribution in [2.45, 2.75) is 25.8 Å². The van der Waals surface area contributed by atoms with Crippen molar-refractivity contribution in [3.8, 4) is 11.6 Å². The van der Waals surface area contributed by atoms with Crippen LogP contribution in [0.5, 0.6) is 0 Å². The fourth-order valence-corrected chi connectivity index (χ4v) is 3.34. The molecule has 3 heterocycles. The van der Waals surface area contributed by atoms with E-state index in [2.05, 4.69) is 50.0 Å². The van der Waals surface area contributed by atoms with E-state index in [-0.39, 0.29) is 0 Å². The Morgan fingerprint density at radius 3 is 2.73 bits per heavy atom. The summed E-state index contributed by atoms with van der Waals surface area (Å²) in [5, 5.41) is 9.12. The Morgan fingerprint density at radius 1 is 1.05 bits per heavy atom. The molecule has 0 spiro atoms. The Bertz CT molecular complexity index is 741. The van der Waals surface area contributed by atoms with Crippen LogP contribution in [0.3, 0.4) is 0 Å². The summed E-state index contributed by atoms with van der Waals surface area (Å²) in [7, 11) is 0. The standard InChI is InChI=1S/C17H20N4O/c1-4-8-20(9-5-1)10-11-21-15-7-3-2-6-14(15)12-16(21)17-19-18-13-22-17/h2-3,6-7,12-13H,1,4-5,8-11H2. The largest absolute Gasteiger partial charge is 0.422 e. The van der Waals surface area contributed by atoms with Crippen LogP contribution in [0.25, 0.3) is 22.5 Å². The average Bonchev–Trinajstić information content (AvgIpc) is 3.21. The van der Waals surface area contributed by atoms with Gasteiger partial charge in [0, 0.05) is 24.0 Å². The third kappa shape index (κ3) is 2.52. The maximum Gasteiger partial charge on any atom is 0.264 e. The highest BCUT2D eigenvalue weighted by Crippen LogP contribution is 2.27. The van der Waals surface area contributed by atoms with Gasteiger partial charge in [-0.25, -0.2) is 0 Å². The van der Waals surface area contributed by atoms with E-state index in [0.29, 0.717) is 5.89 Å². The number of benzene rings is 1. The molecule has 0 N–H and O–H groups in total. The minimum Gasteiger partial charge on any atom is -0.422 e. The van der Waals surface area contributed by atoms with E-state index < -0.39 is 0 Å². The second-order valence-electron chi connectivity index (χ2n) is 5.89. The molecule has 0 saturated carbocycles. The summed E-state index contributed by atoms with van der Waals surface area (Å²) in [6, 6.07) is 10.6. The minimum atomic E-state index is 0.592. The molecule has 114 valence electrons. The molecule has 2 aromatic heterocycles. The monoisotopic (exact) mass is 296 g/mol. The average molecular weight is 296 g/mol. The first kappa shape index (κ1) is 13.5. The van der Waals surface area contributed by atoms with Gasteiger partial charge in [0.15, 0.2) is 0 Å². The topological polar surface area (TPSA) is 47.1 Å². The highest BCUT2D eigenvalue weighted by atomic mass is 16.4. The summed E-state index contributed by atoms with van der Waals surface area (Å²) in [6.07, 6.45) is 5.41. The summed E-state index contributed by atoms with van der Waals surface area (Å²) in [5.74, 6) is 0.592. The SMILES string of the molecule is c1ccc2c(c1)cc(-c1nnco1)n2CCN1CCCCC1. The number of hydrogen-bond acceptors (Lipinski definition) is 4. The molecule has 4 rings (SSSR count). The number of para-hydroxylation sites is 1. The van der Waals surface area contributed by atoms with Gasteiger partial charge >= 0.3 is 0 Å². The molecule has 22 heavy (non-hydrogen) atoms. The second-order valence-corrected chi connectivity index (χ2v) is 5.89. The van der Waals surface area contributed by atoms with Crippen LogP contribution in [0.1, 0.15) is 19.3 Å². The number of likely N-dealkylation sites (tertiary alicyclic amines) is 1. The molecule has 0 unspecified atom stereocenters. The molecule has 5 heteroatoms. The lowest BCUT2D eigenvalue weighted by Gasteiger charge is -2.26. The smallest absolute Gasteiger partial charge is 0.264 e. The van der Waals surface area contributed by atoms with Crippen LogP contribution < -0.4 is 0 Å². The fourth-order valence-electron chi connectivity index (χ4n) is 3.34. The van der Waals surface area contributed by atoms with Crippen LogP contribution in [0.2, 0.25) is 0 Å². The summed E-state index contributed by atoms with van der Waals surface area (Å²) in [5.41, 5.74) is 2.24. The zero-order valence-electron chi connectivity index (χ0n) is 12.6. The molecule has 1 aliphatic rings. The van der Waals surface area contributed by atoms with Crippen molar-refractivity contribution >= 4 is 10.9 Å². The fraction of sp³-hybridized carbons (Fsp3) is 0.412. The summed E-state index contributed by atoms with van der Waals surface area (Å²) in [6.45, 7) is 4.45. The van der Waals surface area contributed by atoms with Crippen LogP contribution in [0, 0.1) is 0 Å². The number of hydrogen-bond donors (Lipinski definition) is 0. The third-order valence-electron chi connectivity index (χ3n) is 4.48. The first-order chi connectivity index (χ1) is 10.9. The van der Waals surface area contributed by atoms with Crippen LogP contribution in [-0.4, -0.2) is 39.3 Å². The number of piperidine rings is 1. The van der Waals surface area contributed by atoms with Gasteiger partial charge < -0.3 is 13.9 Å². The van der Waals surface area contributed by atoms with Gasteiger partial charge in [-0.1, -0.05) is 24.6 Å². The molecule has 1 fully saturated rings. The highest BCUT2D eigenvalue weighted by molar-refractivity contribution is 5.85. The van der Waals surface area contributed by atoms with Crippen molar-refractivity contribution in [2.24, 2.45) is 0 Å². The molecule has 0 aliphatic carbocycles. The lowest BCUT2D eigenvalue weighted by molar-refractivity contribution is 0.222. The van der Waals surface area contributed by atoms with Crippen molar-refractivity contribution in [1.29, 1.82) is 0 Å². The van der Waals surface area contributed by atoms with Gasteiger partial charge in [0.1, 0.15) is 5.69 Å². The van der Waals surface area contributed by atoms with Gasteiger partial charge in [0.05, 0.1) is 0 Å². The summed E-state index contributed by atoms with van der Waals surface area (Å²) in [4.78, 5) is 2.55. The van der Waals surface area contributed by atoms with Crippen molar-refractivity contribution in [2.75, 3.05) is 19.6 Å². The Hall–Kier alpha value is -2.14. The van der Waals surface area contributed by atoms with E-state index in [0.717, 1.165) is 18.8 Å². The van der Waals surface area contributed by atoms with Crippen molar-refractivity contribution in [3.05, 3.63) is 36.7 Å². The molecule has 0 radical (unpaired) electrons. The molecule has 1 saturated heterocycles. The van der Waals surface area contributed by atoms with Gasteiger partial charge in [-0.15, -0.1) is 10.2 Å². The first-order valence-corrected chi connectivity index (χ1v) is 7.99. The molecule has 0 bridgehead atoms. The number of rotatable bonds is 4. The maximum atomic E-state index is 5.42. The third-order valence-corrected chi connectivity index (χ3v) is 4.48. The molecule has 3 aromatic rings. The molecule has 0 amide bonds. The van der Waals surface area contributed by atoms with E-state index in [1.807, 2.05) is 0 Å². The minimum absolute atomic E-state index is 0.592. The molecular weight excluding hydrogens is 276 g/mol. The van der Waals surface area contributed by atoms with E-state index in [9.17, 15) is 0 Å². The summed E-state index contributed by atoms with van der Waals surface area (Å²) >= 11 is 0. The zero-order valence-corrected chi connectivity index (χ0v) is 12.6. The first-order valence-electron chi connectivity index (χ1n) is 7.99. The number of aromatic nitrogens is 3. The van der Waals surface area contributed by atoms with Crippen molar-refractivity contribution < 1.29 is 4.42 Å².